The van der Waals surface area contributed by atoms with Gasteiger partial charge in [-0.25, -0.2) is 4.79 Å². The predicted molar refractivity (Wildman–Crippen MR) is 92.9 cm³/mol. The van der Waals surface area contributed by atoms with Gasteiger partial charge in [0.05, 0.1) is 17.6 Å². The molecule has 138 valence electrons. The summed E-state index contributed by atoms with van der Waals surface area (Å²) in [6, 6.07) is 7.99. The Morgan fingerprint density at radius 1 is 1.42 bits per heavy atom. The molecule has 8 heteroatoms. The fourth-order valence-electron chi connectivity index (χ4n) is 2.77. The van der Waals surface area contributed by atoms with Crippen molar-refractivity contribution < 1.29 is 19.5 Å². The van der Waals surface area contributed by atoms with Gasteiger partial charge >= 0.3 is 12.0 Å². The van der Waals surface area contributed by atoms with Gasteiger partial charge in [-0.3, -0.25) is 9.59 Å². The Morgan fingerprint density at radius 2 is 2.08 bits per heavy atom. The molecule has 2 rings (SSSR count). The first-order chi connectivity index (χ1) is 12.3. The Labute approximate surface area is 152 Å². The molecule has 1 aliphatic heterocycles. The molecule has 2 N–H and O–H groups in total. The van der Waals surface area contributed by atoms with Crippen molar-refractivity contribution in [1.29, 1.82) is 5.26 Å². The average molecular weight is 358 g/mol. The Morgan fingerprint density at radius 3 is 2.65 bits per heavy atom. The number of nitrogens with zero attached hydrogens (tertiary/aromatic N) is 3. The normalized spacial score (nSPS) is 17.5. The number of carbonyl (C=O) groups is 3. The van der Waals surface area contributed by atoms with Crippen molar-refractivity contribution in [3.05, 3.63) is 35.4 Å². The number of hydrogen-bond donors (Lipinski definition) is 2. The molecule has 0 aromatic heterocycles. The van der Waals surface area contributed by atoms with Crippen molar-refractivity contribution in [2.24, 2.45) is 5.92 Å². The van der Waals surface area contributed by atoms with Crippen LogP contribution in [0, 0.1) is 17.2 Å². The Hall–Kier alpha value is -3.08. The number of amides is 3. The molecule has 0 aliphatic carbocycles. The summed E-state index contributed by atoms with van der Waals surface area (Å²) in [5.41, 5.74) is 1.47. The Balaban J connectivity index is 1.88. The standard InChI is InChI=1S/C18H22N4O4/c1-12(17(24)25)10-21(2)18(26)20-15-7-8-22(16(15)23)11-14-5-3-13(9-19)4-6-14/h3-6,12,15H,7-8,10-11H2,1-2H3,(H,20,26)(H,24,25). The van der Waals surface area contributed by atoms with Crippen LogP contribution < -0.4 is 5.32 Å². The number of urea groups is 1. The van der Waals surface area contributed by atoms with Crippen molar-refractivity contribution in [1.82, 2.24) is 15.1 Å². The monoisotopic (exact) mass is 358 g/mol. The van der Waals surface area contributed by atoms with Gasteiger partial charge in [0.25, 0.3) is 0 Å². The highest BCUT2D eigenvalue weighted by Gasteiger charge is 2.33. The number of carboxylic acid groups (broad SMARTS) is 1. The van der Waals surface area contributed by atoms with E-state index < -0.39 is 24.0 Å². The van der Waals surface area contributed by atoms with E-state index in [1.54, 1.807) is 29.2 Å². The van der Waals surface area contributed by atoms with Crippen LogP contribution in [0.4, 0.5) is 4.79 Å². The summed E-state index contributed by atoms with van der Waals surface area (Å²) in [6.45, 7) is 2.53. The van der Waals surface area contributed by atoms with Gasteiger partial charge in [-0.1, -0.05) is 19.1 Å². The first kappa shape index (κ1) is 19.2. The number of benzene rings is 1. The lowest BCUT2D eigenvalue weighted by Gasteiger charge is -2.22. The van der Waals surface area contributed by atoms with Crippen LogP contribution in [-0.2, 0) is 16.1 Å². The largest absolute Gasteiger partial charge is 0.481 e. The molecule has 0 bridgehead atoms. The minimum absolute atomic E-state index is 0.0665. The van der Waals surface area contributed by atoms with Gasteiger partial charge < -0.3 is 20.2 Å². The molecule has 0 spiro atoms. The van der Waals surface area contributed by atoms with E-state index in [4.69, 9.17) is 10.4 Å². The zero-order valence-corrected chi connectivity index (χ0v) is 14.8. The highest BCUT2D eigenvalue weighted by Crippen LogP contribution is 2.16. The number of hydrogen-bond acceptors (Lipinski definition) is 4. The van der Waals surface area contributed by atoms with E-state index in [9.17, 15) is 14.4 Å². The third kappa shape index (κ3) is 4.72. The fourth-order valence-corrected chi connectivity index (χ4v) is 2.77. The van der Waals surface area contributed by atoms with Crippen LogP contribution in [-0.4, -0.2) is 59.0 Å². The molecule has 0 saturated carbocycles. The van der Waals surface area contributed by atoms with Gasteiger partial charge in [0.2, 0.25) is 5.91 Å². The Bertz CT molecular complexity index is 726. The van der Waals surface area contributed by atoms with E-state index in [1.807, 2.05) is 6.07 Å². The zero-order chi connectivity index (χ0) is 19.3. The smallest absolute Gasteiger partial charge is 0.317 e. The second-order valence-electron chi connectivity index (χ2n) is 6.48. The van der Waals surface area contributed by atoms with E-state index >= 15 is 0 Å². The van der Waals surface area contributed by atoms with Crippen LogP contribution in [0.1, 0.15) is 24.5 Å². The number of nitriles is 1. The number of carbonyl (C=O) groups excluding carboxylic acids is 2. The van der Waals surface area contributed by atoms with Gasteiger partial charge in [0.15, 0.2) is 0 Å². The number of rotatable bonds is 6. The molecule has 26 heavy (non-hydrogen) atoms. The number of nitrogens with one attached hydrogen (secondary N) is 1. The maximum atomic E-state index is 12.5. The lowest BCUT2D eigenvalue weighted by Crippen LogP contribution is -2.48. The van der Waals surface area contributed by atoms with E-state index in [-0.39, 0.29) is 12.5 Å². The highest BCUT2D eigenvalue weighted by atomic mass is 16.4. The molecule has 2 atom stereocenters. The molecule has 2 unspecified atom stereocenters. The second-order valence-corrected chi connectivity index (χ2v) is 6.48. The first-order valence-corrected chi connectivity index (χ1v) is 8.34. The van der Waals surface area contributed by atoms with Gasteiger partial charge in [0, 0.05) is 26.7 Å². The van der Waals surface area contributed by atoms with Gasteiger partial charge in [-0.15, -0.1) is 0 Å². The number of carboxylic acids is 1. The molecular weight excluding hydrogens is 336 g/mol. The highest BCUT2D eigenvalue weighted by molar-refractivity contribution is 5.88. The molecule has 1 aromatic carbocycles. The van der Waals surface area contributed by atoms with Crippen molar-refractivity contribution in [3.63, 3.8) is 0 Å². The summed E-state index contributed by atoms with van der Waals surface area (Å²) in [7, 11) is 1.50. The van der Waals surface area contributed by atoms with Gasteiger partial charge in [-0.05, 0) is 24.1 Å². The summed E-state index contributed by atoms with van der Waals surface area (Å²) in [5.74, 6) is -1.82. The molecule has 1 heterocycles. The number of aliphatic carboxylic acids is 1. The lowest BCUT2D eigenvalue weighted by molar-refractivity contribution is -0.141. The van der Waals surface area contributed by atoms with E-state index in [1.165, 1.54) is 18.9 Å². The molecule has 1 saturated heterocycles. The third-order valence-electron chi connectivity index (χ3n) is 4.37. The van der Waals surface area contributed by atoms with Gasteiger partial charge in [0.1, 0.15) is 6.04 Å². The fraction of sp³-hybridized carbons (Fsp3) is 0.444. The summed E-state index contributed by atoms with van der Waals surface area (Å²) >= 11 is 0. The predicted octanol–water partition coefficient (Wildman–Crippen LogP) is 1.02. The van der Waals surface area contributed by atoms with Crippen LogP contribution in [0.2, 0.25) is 0 Å². The van der Waals surface area contributed by atoms with Crippen LogP contribution in [0.3, 0.4) is 0 Å². The molecule has 0 radical (unpaired) electrons. The summed E-state index contributed by atoms with van der Waals surface area (Å²) in [4.78, 5) is 38.4. The van der Waals surface area contributed by atoms with Crippen molar-refractivity contribution in [3.8, 4) is 6.07 Å². The zero-order valence-electron chi connectivity index (χ0n) is 14.8. The van der Waals surface area contributed by atoms with Crippen LogP contribution in [0.25, 0.3) is 0 Å². The molecule has 3 amide bonds. The summed E-state index contributed by atoms with van der Waals surface area (Å²) in [5, 5.41) is 20.4. The van der Waals surface area contributed by atoms with Crippen molar-refractivity contribution in [2.45, 2.75) is 25.9 Å². The molecule has 1 aromatic rings. The topological polar surface area (TPSA) is 114 Å². The number of likely N-dealkylation sites (tertiary alicyclic amines) is 1. The lowest BCUT2D eigenvalue weighted by atomic mass is 10.1. The first-order valence-electron chi connectivity index (χ1n) is 8.34. The van der Waals surface area contributed by atoms with Gasteiger partial charge in [-0.2, -0.15) is 5.26 Å². The maximum Gasteiger partial charge on any atom is 0.317 e. The molecular formula is C18H22N4O4. The van der Waals surface area contributed by atoms with Crippen molar-refractivity contribution >= 4 is 17.9 Å². The van der Waals surface area contributed by atoms with E-state index in [0.29, 0.717) is 25.1 Å². The van der Waals surface area contributed by atoms with E-state index in [0.717, 1.165) is 5.56 Å². The maximum absolute atomic E-state index is 12.5. The molecule has 8 nitrogen and oxygen atoms in total. The minimum atomic E-state index is -0.977. The molecule has 1 fully saturated rings. The molecule has 1 aliphatic rings. The van der Waals surface area contributed by atoms with Crippen molar-refractivity contribution in [2.75, 3.05) is 20.1 Å². The summed E-state index contributed by atoms with van der Waals surface area (Å²) < 4.78 is 0. The van der Waals surface area contributed by atoms with E-state index in [2.05, 4.69) is 5.32 Å². The minimum Gasteiger partial charge on any atom is -0.481 e. The van der Waals surface area contributed by atoms with Crippen LogP contribution in [0.15, 0.2) is 24.3 Å². The van der Waals surface area contributed by atoms with Crippen LogP contribution >= 0.6 is 0 Å². The SMILES string of the molecule is CC(CN(C)C(=O)NC1CCN(Cc2ccc(C#N)cc2)C1=O)C(=O)O. The Kier molecular flexibility index (Phi) is 6.17. The third-order valence-corrected chi connectivity index (χ3v) is 4.37. The second kappa shape index (κ2) is 8.34. The summed E-state index contributed by atoms with van der Waals surface area (Å²) in [6.07, 6.45) is 0.503. The van der Waals surface area contributed by atoms with Crippen LogP contribution in [0.5, 0.6) is 0 Å². The average Bonchev–Trinajstić information content (AvgIpc) is 2.95. The quantitative estimate of drug-likeness (QED) is 0.788.